The van der Waals surface area contributed by atoms with Gasteiger partial charge in [-0.3, -0.25) is 9.78 Å². The third kappa shape index (κ3) is 4.75. The molecule has 9 heteroatoms. The molecule has 0 unspecified atom stereocenters. The minimum absolute atomic E-state index is 0.0342. The number of pyridine rings is 1. The first kappa shape index (κ1) is 15.7. The Hall–Kier alpha value is -2.32. The van der Waals surface area contributed by atoms with E-state index in [0.717, 1.165) is 12.1 Å². The van der Waals surface area contributed by atoms with Crippen LogP contribution in [0.2, 0.25) is 0 Å². The Balaban J connectivity index is 2.48. The Bertz CT molecular complexity index is 485. The number of hydrogen-bond donors (Lipinski definition) is 3. The van der Waals surface area contributed by atoms with Crippen LogP contribution in [0.1, 0.15) is 28.9 Å². The first-order valence-corrected chi connectivity index (χ1v) is 5.62. The molecule has 6 nitrogen and oxygen atoms in total. The lowest BCUT2D eigenvalue weighted by molar-refractivity contribution is -0.137. The van der Waals surface area contributed by atoms with Gasteiger partial charge in [-0.2, -0.15) is 13.2 Å². The maximum absolute atomic E-state index is 12.3. The highest BCUT2D eigenvalue weighted by molar-refractivity contribution is 5.92. The number of alkyl halides is 3. The van der Waals surface area contributed by atoms with Gasteiger partial charge in [0.05, 0.1) is 5.56 Å². The summed E-state index contributed by atoms with van der Waals surface area (Å²) in [5, 5.41) is 13.5. The summed E-state index contributed by atoms with van der Waals surface area (Å²) in [6.07, 6.45) is -3.16. The van der Waals surface area contributed by atoms with E-state index in [1.165, 1.54) is 0 Å². The standard InChI is InChI=1S/C11H13F3N4O2/c12-11(13,14)7-3-4-8(17-6-7)10(19)16-5-1-2-9(15)18-20/h3-4,6,20H,1-2,5H2,(H2,15,18)(H,16,19). The Labute approximate surface area is 112 Å². The Morgan fingerprint density at radius 3 is 2.65 bits per heavy atom. The van der Waals surface area contributed by atoms with Crippen LogP contribution in [0, 0.1) is 0 Å². The highest BCUT2D eigenvalue weighted by atomic mass is 19.4. The third-order valence-electron chi connectivity index (χ3n) is 2.35. The highest BCUT2D eigenvalue weighted by Gasteiger charge is 2.30. The van der Waals surface area contributed by atoms with E-state index in [-0.39, 0.29) is 24.5 Å². The van der Waals surface area contributed by atoms with Gasteiger partial charge in [0.2, 0.25) is 0 Å². The molecule has 0 bridgehead atoms. The van der Waals surface area contributed by atoms with Crippen LogP contribution in [0.15, 0.2) is 23.5 Å². The molecular weight excluding hydrogens is 277 g/mol. The van der Waals surface area contributed by atoms with E-state index in [2.05, 4.69) is 15.5 Å². The van der Waals surface area contributed by atoms with Gasteiger partial charge in [0.1, 0.15) is 11.5 Å². The van der Waals surface area contributed by atoms with E-state index in [4.69, 9.17) is 10.9 Å². The molecule has 1 rings (SSSR count). The smallest absolute Gasteiger partial charge is 0.409 e. The van der Waals surface area contributed by atoms with Crippen molar-refractivity contribution >= 4 is 11.7 Å². The van der Waals surface area contributed by atoms with Gasteiger partial charge < -0.3 is 16.3 Å². The maximum atomic E-state index is 12.3. The first-order valence-electron chi connectivity index (χ1n) is 5.62. The molecule has 0 aliphatic carbocycles. The molecule has 0 aromatic carbocycles. The van der Waals surface area contributed by atoms with Crippen LogP contribution in [-0.2, 0) is 6.18 Å². The Morgan fingerprint density at radius 2 is 2.15 bits per heavy atom. The van der Waals surface area contributed by atoms with Crippen molar-refractivity contribution in [2.24, 2.45) is 10.9 Å². The van der Waals surface area contributed by atoms with Crippen molar-refractivity contribution in [3.8, 4) is 0 Å². The molecule has 1 aromatic heterocycles. The van der Waals surface area contributed by atoms with Gasteiger partial charge in [0.25, 0.3) is 5.91 Å². The van der Waals surface area contributed by atoms with E-state index >= 15 is 0 Å². The predicted molar refractivity (Wildman–Crippen MR) is 64.2 cm³/mol. The van der Waals surface area contributed by atoms with Gasteiger partial charge >= 0.3 is 6.18 Å². The number of amides is 1. The van der Waals surface area contributed by atoms with Gasteiger partial charge in [-0.25, -0.2) is 0 Å². The highest BCUT2D eigenvalue weighted by Crippen LogP contribution is 2.28. The zero-order chi connectivity index (χ0) is 15.2. The third-order valence-corrected chi connectivity index (χ3v) is 2.35. The van der Waals surface area contributed by atoms with Crippen molar-refractivity contribution in [1.29, 1.82) is 0 Å². The molecule has 0 saturated carbocycles. The number of carbonyl (C=O) groups is 1. The average molecular weight is 290 g/mol. The molecule has 4 N–H and O–H groups in total. The lowest BCUT2D eigenvalue weighted by Crippen LogP contribution is -2.26. The lowest BCUT2D eigenvalue weighted by atomic mass is 10.2. The summed E-state index contributed by atoms with van der Waals surface area (Å²) in [6.45, 7) is 0.234. The largest absolute Gasteiger partial charge is 0.417 e. The average Bonchev–Trinajstić information content (AvgIpc) is 2.42. The normalized spacial score (nSPS) is 12.2. The van der Waals surface area contributed by atoms with Gasteiger partial charge in [-0.1, -0.05) is 5.16 Å². The number of carbonyl (C=O) groups excluding carboxylic acids is 1. The summed E-state index contributed by atoms with van der Waals surface area (Å²) in [4.78, 5) is 15.0. The molecule has 0 aliphatic heterocycles. The maximum Gasteiger partial charge on any atom is 0.417 e. The van der Waals surface area contributed by atoms with Crippen LogP contribution >= 0.6 is 0 Å². The molecule has 1 aromatic rings. The number of halogens is 3. The number of nitrogens with zero attached hydrogens (tertiary/aromatic N) is 2. The molecule has 0 radical (unpaired) electrons. The van der Waals surface area contributed by atoms with E-state index < -0.39 is 17.6 Å². The summed E-state index contributed by atoms with van der Waals surface area (Å²) in [6, 6.07) is 1.79. The van der Waals surface area contributed by atoms with Crippen molar-refractivity contribution in [2.45, 2.75) is 19.0 Å². The van der Waals surface area contributed by atoms with Crippen LogP contribution in [0.3, 0.4) is 0 Å². The second-order valence-corrected chi connectivity index (χ2v) is 3.88. The van der Waals surface area contributed by atoms with Crippen molar-refractivity contribution < 1.29 is 23.2 Å². The second kappa shape index (κ2) is 6.73. The van der Waals surface area contributed by atoms with Crippen LogP contribution in [0.25, 0.3) is 0 Å². The fraction of sp³-hybridized carbons (Fsp3) is 0.364. The molecule has 0 saturated heterocycles. The van der Waals surface area contributed by atoms with E-state index in [1.54, 1.807) is 0 Å². The van der Waals surface area contributed by atoms with Crippen molar-refractivity contribution in [1.82, 2.24) is 10.3 Å². The van der Waals surface area contributed by atoms with Crippen LogP contribution < -0.4 is 11.1 Å². The van der Waals surface area contributed by atoms with E-state index in [9.17, 15) is 18.0 Å². The van der Waals surface area contributed by atoms with E-state index in [0.29, 0.717) is 12.6 Å². The number of aromatic nitrogens is 1. The van der Waals surface area contributed by atoms with E-state index in [1.807, 2.05) is 0 Å². The summed E-state index contributed by atoms with van der Waals surface area (Å²) >= 11 is 0. The number of oxime groups is 1. The molecular formula is C11H13F3N4O2. The van der Waals surface area contributed by atoms with Gasteiger partial charge in [-0.15, -0.1) is 0 Å². The number of amidine groups is 1. The molecule has 110 valence electrons. The van der Waals surface area contributed by atoms with Gasteiger partial charge in [0, 0.05) is 19.2 Å². The molecule has 0 fully saturated rings. The zero-order valence-electron chi connectivity index (χ0n) is 10.3. The SMILES string of the molecule is N/C(CCCNC(=O)c1ccc(C(F)(F)F)cn1)=N/O. The second-order valence-electron chi connectivity index (χ2n) is 3.88. The summed E-state index contributed by atoms with van der Waals surface area (Å²) in [7, 11) is 0. The number of nitrogens with one attached hydrogen (secondary N) is 1. The zero-order valence-corrected chi connectivity index (χ0v) is 10.3. The predicted octanol–water partition coefficient (Wildman–Crippen LogP) is 1.36. The minimum atomic E-state index is -4.48. The molecule has 0 spiro atoms. The summed E-state index contributed by atoms with van der Waals surface area (Å²) in [5.74, 6) is -0.551. The number of rotatable bonds is 5. The Morgan fingerprint density at radius 1 is 1.45 bits per heavy atom. The number of hydrogen-bond acceptors (Lipinski definition) is 4. The molecule has 0 atom stereocenters. The number of nitrogens with two attached hydrogens (primary N) is 1. The van der Waals surface area contributed by atoms with Crippen molar-refractivity contribution in [3.63, 3.8) is 0 Å². The van der Waals surface area contributed by atoms with Crippen molar-refractivity contribution in [3.05, 3.63) is 29.6 Å². The summed E-state index contributed by atoms with van der Waals surface area (Å²) < 4.78 is 36.9. The lowest BCUT2D eigenvalue weighted by Gasteiger charge is -2.07. The molecule has 20 heavy (non-hydrogen) atoms. The monoisotopic (exact) mass is 290 g/mol. The molecule has 1 heterocycles. The topological polar surface area (TPSA) is 101 Å². The van der Waals surface area contributed by atoms with Crippen LogP contribution in [-0.4, -0.2) is 28.5 Å². The Kier molecular flexibility index (Phi) is 5.30. The molecule has 0 aliphatic rings. The van der Waals surface area contributed by atoms with Crippen LogP contribution in [0.4, 0.5) is 13.2 Å². The quantitative estimate of drug-likeness (QED) is 0.250. The van der Waals surface area contributed by atoms with Crippen LogP contribution in [0.5, 0.6) is 0 Å². The summed E-state index contributed by atoms with van der Waals surface area (Å²) in [5.41, 5.74) is 4.20. The first-order chi connectivity index (χ1) is 9.34. The fourth-order valence-electron chi connectivity index (χ4n) is 1.31. The van der Waals surface area contributed by atoms with Gasteiger partial charge in [-0.05, 0) is 18.6 Å². The minimum Gasteiger partial charge on any atom is -0.409 e. The fourth-order valence-corrected chi connectivity index (χ4v) is 1.31. The van der Waals surface area contributed by atoms with Gasteiger partial charge in [0.15, 0.2) is 0 Å². The molecule has 1 amide bonds. The van der Waals surface area contributed by atoms with Crippen molar-refractivity contribution in [2.75, 3.05) is 6.54 Å².